The molecule has 2 aromatic carbocycles. The number of amides is 1. The third-order valence-electron chi connectivity index (χ3n) is 3.50. The van der Waals surface area contributed by atoms with E-state index in [2.05, 4.69) is 20.8 Å². The van der Waals surface area contributed by atoms with Gasteiger partial charge in [0, 0.05) is 5.56 Å². The molecule has 0 saturated heterocycles. The van der Waals surface area contributed by atoms with Gasteiger partial charge in [0.15, 0.2) is 5.82 Å². The smallest absolute Gasteiger partial charge is 0.251 e. The molecule has 0 aliphatic heterocycles. The molecule has 0 aliphatic rings. The average Bonchev–Trinajstić information content (AvgIpc) is 3.01. The van der Waals surface area contributed by atoms with Gasteiger partial charge in [0.2, 0.25) is 0 Å². The maximum atomic E-state index is 13.0. The van der Waals surface area contributed by atoms with Crippen LogP contribution in [-0.4, -0.2) is 26.1 Å². The number of aryl methyl sites for hydroxylation is 2. The van der Waals surface area contributed by atoms with Crippen molar-refractivity contribution in [2.24, 2.45) is 0 Å². The molecule has 3 rings (SSSR count). The van der Waals surface area contributed by atoms with Crippen molar-refractivity contribution < 1.29 is 9.18 Å². The molecule has 1 aromatic heterocycles. The van der Waals surface area contributed by atoms with Crippen LogP contribution in [-0.2, 0) is 6.54 Å². The Kier molecular flexibility index (Phi) is 4.33. The highest BCUT2D eigenvalue weighted by molar-refractivity contribution is 5.94. The lowest BCUT2D eigenvalue weighted by atomic mass is 10.1. The molecule has 122 valence electrons. The monoisotopic (exact) mass is 325 g/mol. The van der Waals surface area contributed by atoms with Gasteiger partial charge in [0.1, 0.15) is 5.82 Å². The van der Waals surface area contributed by atoms with Crippen LogP contribution in [0.1, 0.15) is 27.3 Å². The van der Waals surface area contributed by atoms with Gasteiger partial charge in [-0.05, 0) is 60.7 Å². The Morgan fingerprint density at radius 1 is 1.12 bits per heavy atom. The normalized spacial score (nSPS) is 10.6. The fraction of sp³-hybridized carbons (Fsp3) is 0.176. The maximum Gasteiger partial charge on any atom is 0.251 e. The van der Waals surface area contributed by atoms with Crippen LogP contribution in [0.25, 0.3) is 5.69 Å². The van der Waals surface area contributed by atoms with E-state index in [-0.39, 0.29) is 18.3 Å². The molecule has 0 atom stereocenters. The van der Waals surface area contributed by atoms with E-state index in [1.54, 1.807) is 12.1 Å². The van der Waals surface area contributed by atoms with Crippen molar-refractivity contribution in [1.82, 2.24) is 25.5 Å². The molecule has 1 heterocycles. The first-order valence-electron chi connectivity index (χ1n) is 7.42. The van der Waals surface area contributed by atoms with Gasteiger partial charge in [-0.25, -0.2) is 4.39 Å². The average molecular weight is 325 g/mol. The molecule has 1 amide bonds. The van der Waals surface area contributed by atoms with Crippen molar-refractivity contribution in [1.29, 1.82) is 0 Å². The van der Waals surface area contributed by atoms with Crippen molar-refractivity contribution in [3.8, 4) is 5.69 Å². The number of nitrogens with one attached hydrogen (secondary N) is 1. The van der Waals surface area contributed by atoms with E-state index in [0.717, 1.165) is 11.1 Å². The van der Waals surface area contributed by atoms with E-state index in [4.69, 9.17) is 0 Å². The second-order valence-electron chi connectivity index (χ2n) is 5.54. The van der Waals surface area contributed by atoms with Crippen LogP contribution in [0, 0.1) is 19.7 Å². The first kappa shape index (κ1) is 15.8. The van der Waals surface area contributed by atoms with Gasteiger partial charge in [-0.15, -0.1) is 5.10 Å². The van der Waals surface area contributed by atoms with Crippen molar-refractivity contribution in [3.63, 3.8) is 0 Å². The molecule has 0 spiro atoms. The van der Waals surface area contributed by atoms with E-state index in [1.807, 2.05) is 32.0 Å². The Morgan fingerprint density at radius 2 is 1.79 bits per heavy atom. The summed E-state index contributed by atoms with van der Waals surface area (Å²) in [7, 11) is 0. The van der Waals surface area contributed by atoms with Crippen LogP contribution in [0.5, 0.6) is 0 Å². The van der Waals surface area contributed by atoms with Gasteiger partial charge in [0.25, 0.3) is 5.91 Å². The highest BCUT2D eigenvalue weighted by atomic mass is 19.1. The molecule has 0 fully saturated rings. The molecule has 0 unspecified atom stereocenters. The molecular formula is C17H16FN5O. The molecule has 0 radical (unpaired) electrons. The molecule has 3 aromatic rings. The highest BCUT2D eigenvalue weighted by Gasteiger charge is 2.11. The van der Waals surface area contributed by atoms with Crippen LogP contribution >= 0.6 is 0 Å². The number of nitrogens with zero attached hydrogens (tertiary/aromatic N) is 4. The highest BCUT2D eigenvalue weighted by Crippen LogP contribution is 2.11. The van der Waals surface area contributed by atoms with E-state index in [0.29, 0.717) is 17.1 Å². The van der Waals surface area contributed by atoms with Crippen molar-refractivity contribution in [2.45, 2.75) is 20.4 Å². The van der Waals surface area contributed by atoms with E-state index >= 15 is 0 Å². The van der Waals surface area contributed by atoms with Crippen LogP contribution in [0.4, 0.5) is 4.39 Å². The van der Waals surface area contributed by atoms with E-state index in [9.17, 15) is 9.18 Å². The molecule has 6 nitrogen and oxygen atoms in total. The van der Waals surface area contributed by atoms with Gasteiger partial charge >= 0.3 is 0 Å². The fourth-order valence-electron chi connectivity index (χ4n) is 2.47. The summed E-state index contributed by atoms with van der Waals surface area (Å²) >= 11 is 0. The van der Waals surface area contributed by atoms with Gasteiger partial charge in [-0.3, -0.25) is 4.79 Å². The lowest BCUT2D eigenvalue weighted by Gasteiger charge is -2.08. The number of benzene rings is 2. The SMILES string of the molecule is Cc1cc(C)cc(C(=O)NCc2nnnn2-c2ccc(F)cc2)c1. The zero-order valence-electron chi connectivity index (χ0n) is 13.3. The minimum Gasteiger partial charge on any atom is -0.345 e. The van der Waals surface area contributed by atoms with Crippen molar-refractivity contribution in [2.75, 3.05) is 0 Å². The second kappa shape index (κ2) is 6.57. The number of aromatic nitrogens is 4. The largest absolute Gasteiger partial charge is 0.345 e. The number of hydrogen-bond donors (Lipinski definition) is 1. The van der Waals surface area contributed by atoms with Gasteiger partial charge in [-0.2, -0.15) is 4.68 Å². The van der Waals surface area contributed by atoms with Crippen LogP contribution in [0.3, 0.4) is 0 Å². The molecule has 0 aliphatic carbocycles. The predicted octanol–water partition coefficient (Wildman–Crippen LogP) is 2.35. The summed E-state index contributed by atoms with van der Waals surface area (Å²) in [6.07, 6.45) is 0. The summed E-state index contributed by atoms with van der Waals surface area (Å²) in [5.41, 5.74) is 3.26. The molecule has 1 N–H and O–H groups in total. The molecule has 24 heavy (non-hydrogen) atoms. The summed E-state index contributed by atoms with van der Waals surface area (Å²) in [6, 6.07) is 11.5. The lowest BCUT2D eigenvalue weighted by molar-refractivity contribution is 0.0949. The van der Waals surface area contributed by atoms with Gasteiger partial charge < -0.3 is 5.32 Å². The lowest BCUT2D eigenvalue weighted by Crippen LogP contribution is -2.25. The predicted molar refractivity (Wildman–Crippen MR) is 86.2 cm³/mol. The Labute approximate surface area is 138 Å². The third kappa shape index (κ3) is 3.45. The van der Waals surface area contributed by atoms with Gasteiger partial charge in [-0.1, -0.05) is 17.2 Å². The minimum atomic E-state index is -0.337. The van der Waals surface area contributed by atoms with Crippen molar-refractivity contribution in [3.05, 3.63) is 70.8 Å². The number of carbonyl (C=O) groups is 1. The number of rotatable bonds is 4. The van der Waals surface area contributed by atoms with Crippen LogP contribution in [0.15, 0.2) is 42.5 Å². The summed E-state index contributed by atoms with van der Waals surface area (Å²) < 4.78 is 14.5. The van der Waals surface area contributed by atoms with Crippen molar-refractivity contribution >= 4 is 5.91 Å². The Morgan fingerprint density at radius 3 is 2.46 bits per heavy atom. The van der Waals surface area contributed by atoms with Crippen LogP contribution < -0.4 is 5.32 Å². The number of hydrogen-bond acceptors (Lipinski definition) is 4. The summed E-state index contributed by atoms with van der Waals surface area (Å²) in [6.45, 7) is 4.05. The topological polar surface area (TPSA) is 72.7 Å². The number of tetrazole rings is 1. The Hall–Kier alpha value is -3.09. The fourth-order valence-corrected chi connectivity index (χ4v) is 2.47. The quantitative estimate of drug-likeness (QED) is 0.799. The number of carbonyl (C=O) groups excluding carboxylic acids is 1. The first-order chi connectivity index (χ1) is 11.5. The molecular weight excluding hydrogens is 309 g/mol. The minimum absolute atomic E-state index is 0.163. The zero-order valence-corrected chi connectivity index (χ0v) is 13.3. The van der Waals surface area contributed by atoms with Crippen LogP contribution in [0.2, 0.25) is 0 Å². The summed E-state index contributed by atoms with van der Waals surface area (Å²) in [5.74, 6) is -0.0775. The standard InChI is InChI=1S/C17H16FN5O/c1-11-7-12(2)9-13(8-11)17(24)19-10-16-20-21-22-23(16)15-5-3-14(18)4-6-15/h3-9H,10H2,1-2H3,(H,19,24). The van der Waals surface area contributed by atoms with E-state index in [1.165, 1.54) is 16.8 Å². The summed E-state index contributed by atoms with van der Waals surface area (Å²) in [4.78, 5) is 12.3. The second-order valence-corrected chi connectivity index (χ2v) is 5.54. The summed E-state index contributed by atoms with van der Waals surface area (Å²) in [5, 5.41) is 14.2. The molecule has 0 bridgehead atoms. The number of halogens is 1. The first-order valence-corrected chi connectivity index (χ1v) is 7.42. The Bertz CT molecular complexity index is 853. The maximum absolute atomic E-state index is 13.0. The molecule has 0 saturated carbocycles. The zero-order chi connectivity index (χ0) is 17.1. The van der Waals surface area contributed by atoms with Gasteiger partial charge in [0.05, 0.1) is 12.2 Å². The Balaban J connectivity index is 1.74. The third-order valence-corrected chi connectivity index (χ3v) is 3.50. The molecule has 7 heteroatoms. The van der Waals surface area contributed by atoms with E-state index < -0.39 is 0 Å².